The van der Waals surface area contributed by atoms with Crippen molar-refractivity contribution in [2.75, 3.05) is 6.54 Å². The number of Topliss-reactive ketones (excluding diaryl/α,β-unsaturated/α-hetero) is 1. The fourth-order valence-corrected chi connectivity index (χ4v) is 7.23. The van der Waals surface area contributed by atoms with Crippen LogP contribution < -0.4 is 14.8 Å². The molecule has 3 aliphatic rings. The van der Waals surface area contributed by atoms with Crippen molar-refractivity contribution in [2.45, 2.75) is 110 Å². The highest BCUT2D eigenvalue weighted by Crippen LogP contribution is 2.44. The number of aromatic nitrogens is 3. The van der Waals surface area contributed by atoms with E-state index < -0.39 is 59.8 Å². The Morgan fingerprint density at radius 2 is 1.90 bits per heavy atom. The first-order valence-electron chi connectivity index (χ1n) is 17.9. The van der Waals surface area contributed by atoms with Crippen molar-refractivity contribution in [1.29, 1.82) is 0 Å². The molecule has 6 rings (SSSR count). The number of pyridine rings is 1. The van der Waals surface area contributed by atoms with Crippen LogP contribution in [-0.4, -0.2) is 68.5 Å². The molecule has 1 aromatic carbocycles. The third-order valence-corrected chi connectivity index (χ3v) is 10.2. The van der Waals surface area contributed by atoms with Gasteiger partial charge in [0.1, 0.15) is 30.3 Å². The lowest BCUT2D eigenvalue weighted by molar-refractivity contribution is -0.143. The average molecular weight is 708 g/mol. The van der Waals surface area contributed by atoms with E-state index in [0.29, 0.717) is 48.2 Å². The lowest BCUT2D eigenvalue weighted by Gasteiger charge is -2.36. The van der Waals surface area contributed by atoms with Crippen LogP contribution in [-0.2, 0) is 20.2 Å². The summed E-state index contributed by atoms with van der Waals surface area (Å²) in [7, 11) is 0. The number of carbonyl (C=O) groups is 3. The number of hydrogen-bond donors (Lipinski definition) is 1. The minimum absolute atomic E-state index is 0.0595. The summed E-state index contributed by atoms with van der Waals surface area (Å²) in [5, 5.41) is 3.28. The number of carbonyl (C=O) groups excluding carboxylic acids is 3. The number of alkyl halides is 2. The van der Waals surface area contributed by atoms with E-state index in [0.717, 1.165) is 0 Å². The van der Waals surface area contributed by atoms with Gasteiger partial charge >= 0.3 is 6.09 Å². The molecule has 3 aromatic rings. The fraction of sp³-hybridized carbons (Fsp3) is 0.579. The number of fused-ring (bicyclic) bond motifs is 5. The number of nitrogens with one attached hydrogen (secondary N) is 1. The van der Waals surface area contributed by atoms with Gasteiger partial charge in [0.15, 0.2) is 5.78 Å². The first kappa shape index (κ1) is 36.4. The summed E-state index contributed by atoms with van der Waals surface area (Å²) in [6, 6.07) is 6.04. The second kappa shape index (κ2) is 14.3. The van der Waals surface area contributed by atoms with E-state index in [-0.39, 0.29) is 42.2 Å². The molecule has 13 heteroatoms. The van der Waals surface area contributed by atoms with Gasteiger partial charge in [0.05, 0.1) is 23.7 Å². The lowest BCUT2D eigenvalue weighted by Crippen LogP contribution is -2.57. The Balaban J connectivity index is 1.43. The maximum absolute atomic E-state index is 16.3. The molecular weight excluding hydrogens is 660 g/mol. The van der Waals surface area contributed by atoms with E-state index in [4.69, 9.17) is 14.2 Å². The summed E-state index contributed by atoms with van der Waals surface area (Å²) in [6.45, 7) is 10.8. The molecular formula is C38H47F2N5O6. The first-order valence-corrected chi connectivity index (χ1v) is 17.9. The molecule has 2 bridgehead atoms. The van der Waals surface area contributed by atoms with Gasteiger partial charge in [0, 0.05) is 42.0 Å². The smallest absolute Gasteiger partial charge is 0.408 e. The molecule has 1 aliphatic carbocycles. The summed E-state index contributed by atoms with van der Waals surface area (Å²) in [6.07, 6.45) is 3.06. The van der Waals surface area contributed by atoms with Crippen LogP contribution in [0.4, 0.5) is 13.6 Å². The molecule has 274 valence electrons. The third-order valence-electron chi connectivity index (χ3n) is 10.2. The molecule has 1 N–H and O–H groups in total. The predicted octanol–water partition coefficient (Wildman–Crippen LogP) is 7.22. The number of ether oxygens (including phenoxy) is 3. The van der Waals surface area contributed by atoms with Crippen molar-refractivity contribution < 1.29 is 37.4 Å². The molecule has 0 radical (unpaired) electrons. The van der Waals surface area contributed by atoms with Crippen LogP contribution in [0, 0.1) is 23.2 Å². The Labute approximate surface area is 296 Å². The van der Waals surface area contributed by atoms with Crippen LogP contribution >= 0.6 is 0 Å². The van der Waals surface area contributed by atoms with E-state index in [1.54, 1.807) is 44.3 Å². The van der Waals surface area contributed by atoms with Crippen LogP contribution in [0.2, 0.25) is 0 Å². The quantitative estimate of drug-likeness (QED) is 0.292. The fourth-order valence-electron chi connectivity index (χ4n) is 7.23. The van der Waals surface area contributed by atoms with E-state index in [9.17, 15) is 14.4 Å². The van der Waals surface area contributed by atoms with Crippen LogP contribution in [0.5, 0.6) is 17.5 Å². The summed E-state index contributed by atoms with van der Waals surface area (Å²) in [5.74, 6) is -4.36. The van der Waals surface area contributed by atoms with Crippen molar-refractivity contribution >= 4 is 28.7 Å². The van der Waals surface area contributed by atoms with Gasteiger partial charge in [-0.1, -0.05) is 48.0 Å². The average Bonchev–Trinajstić information content (AvgIpc) is 3.71. The van der Waals surface area contributed by atoms with Crippen LogP contribution in [0.15, 0.2) is 42.9 Å². The van der Waals surface area contributed by atoms with Crippen LogP contribution in [0.25, 0.3) is 10.9 Å². The van der Waals surface area contributed by atoms with Crippen molar-refractivity contribution in [1.82, 2.24) is 25.2 Å². The molecule has 1 saturated heterocycles. The van der Waals surface area contributed by atoms with Gasteiger partial charge in [-0.3, -0.25) is 9.59 Å². The molecule has 2 aromatic heterocycles. The Kier molecular flexibility index (Phi) is 10.2. The highest BCUT2D eigenvalue weighted by Gasteiger charge is 2.52. The number of hydrogen-bond acceptors (Lipinski definition) is 9. The highest BCUT2D eigenvalue weighted by atomic mass is 19.3. The molecule has 0 spiro atoms. The van der Waals surface area contributed by atoms with Gasteiger partial charge in [-0.25, -0.2) is 28.5 Å². The number of nitrogens with zero attached hydrogens (tertiary/aromatic N) is 4. The Morgan fingerprint density at radius 3 is 2.59 bits per heavy atom. The lowest BCUT2D eigenvalue weighted by atomic mass is 9.84. The summed E-state index contributed by atoms with van der Waals surface area (Å²) < 4.78 is 50.6. The molecule has 0 unspecified atom stereocenters. The largest absolute Gasteiger partial charge is 0.472 e. The van der Waals surface area contributed by atoms with Gasteiger partial charge in [0.2, 0.25) is 17.7 Å². The summed E-state index contributed by atoms with van der Waals surface area (Å²) >= 11 is 0. The van der Waals surface area contributed by atoms with Gasteiger partial charge in [-0.15, -0.1) is 0 Å². The monoisotopic (exact) mass is 707 g/mol. The topological polar surface area (TPSA) is 133 Å². The van der Waals surface area contributed by atoms with Crippen molar-refractivity contribution in [3.05, 3.63) is 48.4 Å². The minimum atomic E-state index is -3.29. The summed E-state index contributed by atoms with van der Waals surface area (Å²) in [4.78, 5) is 55.6. The predicted molar refractivity (Wildman–Crippen MR) is 185 cm³/mol. The molecule has 2 aliphatic heterocycles. The second-order valence-corrected chi connectivity index (χ2v) is 15.4. The number of alkyl carbamates (subject to hydrolysis) is 1. The zero-order valence-electron chi connectivity index (χ0n) is 30.0. The van der Waals surface area contributed by atoms with E-state index in [2.05, 4.69) is 20.3 Å². The molecule has 1 saturated carbocycles. The first-order chi connectivity index (χ1) is 24.2. The molecule has 2 fully saturated rings. The highest BCUT2D eigenvalue weighted by molar-refractivity contribution is 5.94. The molecule has 51 heavy (non-hydrogen) atoms. The number of rotatable bonds is 5. The maximum Gasteiger partial charge on any atom is 0.408 e. The Bertz CT molecular complexity index is 1770. The Hall–Kier alpha value is -4.42. The van der Waals surface area contributed by atoms with Gasteiger partial charge in [-0.2, -0.15) is 0 Å². The normalized spacial score (nSPS) is 27.0. The second-order valence-electron chi connectivity index (χ2n) is 15.4. The Morgan fingerprint density at radius 1 is 1.12 bits per heavy atom. The minimum Gasteiger partial charge on any atom is -0.472 e. The molecule has 2 amide bonds. The summed E-state index contributed by atoms with van der Waals surface area (Å²) in [5.41, 5.74) is -0.728. The van der Waals surface area contributed by atoms with Crippen molar-refractivity contribution in [2.24, 2.45) is 23.2 Å². The SMILES string of the molecule is CC[C@@H]1[C@@H]2CN(C(=O)[C@H](C(C)(C)C)NC(=O)O[C@@H]3C[C@H]3CCCCC(F)(F)c3cc4ccc(Oc5ccncn5)cc4nc3O2)[C@@H]1C(=O)C(C)C. The maximum atomic E-state index is 16.3. The van der Waals surface area contributed by atoms with Crippen LogP contribution in [0.1, 0.15) is 85.6 Å². The van der Waals surface area contributed by atoms with Gasteiger partial charge in [-0.05, 0) is 55.2 Å². The number of benzene rings is 1. The molecule has 4 heterocycles. The molecule has 6 atom stereocenters. The standard InChI is InChI=1S/C38H47F2N5O6/c1-7-25-29-19-45(31(25)32(46)21(2)3)35(47)33(37(4,5)6)44-36(48)51-28-17-23(28)10-8-9-14-38(39,40)26-16-22-11-12-24(18-27(22)43-34(26)50-29)49-30-13-15-41-20-42-30/h11-13,15-16,18,20-21,23,25,28-29,31,33H,7-10,14,17,19H2,1-6H3,(H,44,48)/t23-,25-,28-,29+,31+,33-/m1/s1. The van der Waals surface area contributed by atoms with E-state index in [1.807, 2.05) is 27.7 Å². The van der Waals surface area contributed by atoms with Gasteiger partial charge < -0.3 is 24.4 Å². The van der Waals surface area contributed by atoms with Gasteiger partial charge in [0.25, 0.3) is 5.92 Å². The zero-order chi connectivity index (χ0) is 36.7. The van der Waals surface area contributed by atoms with E-state index >= 15 is 8.78 Å². The third kappa shape index (κ3) is 7.92. The zero-order valence-corrected chi connectivity index (χ0v) is 30.0. The molecule has 11 nitrogen and oxygen atoms in total. The van der Waals surface area contributed by atoms with Crippen LogP contribution in [0.3, 0.4) is 0 Å². The number of ketones is 1. The number of halogens is 2. The van der Waals surface area contributed by atoms with Crippen molar-refractivity contribution in [3.8, 4) is 17.5 Å². The van der Waals surface area contributed by atoms with E-state index in [1.165, 1.54) is 17.3 Å². The number of amides is 2. The van der Waals surface area contributed by atoms with Crippen molar-refractivity contribution in [3.63, 3.8) is 0 Å².